The van der Waals surface area contributed by atoms with Crippen molar-refractivity contribution in [2.24, 2.45) is 0 Å². The SMILES string of the molecule is O=C(Cc1ccccc1F)Nc1ccc(N2CCOCC2)nc1. The number of amides is 1. The van der Waals surface area contributed by atoms with Gasteiger partial charge in [0.25, 0.3) is 0 Å². The number of halogens is 1. The van der Waals surface area contributed by atoms with Gasteiger partial charge in [0.05, 0.1) is 31.5 Å². The Bertz CT molecular complexity index is 670. The molecule has 1 N–H and O–H groups in total. The van der Waals surface area contributed by atoms with E-state index in [1.807, 2.05) is 6.07 Å². The van der Waals surface area contributed by atoms with Crippen molar-refractivity contribution in [3.63, 3.8) is 0 Å². The zero-order valence-corrected chi connectivity index (χ0v) is 12.7. The van der Waals surface area contributed by atoms with Gasteiger partial charge in [0, 0.05) is 13.1 Å². The Labute approximate surface area is 134 Å². The van der Waals surface area contributed by atoms with Crippen LogP contribution >= 0.6 is 0 Å². The number of anilines is 2. The number of carbonyl (C=O) groups is 1. The van der Waals surface area contributed by atoms with Crippen LogP contribution in [0.1, 0.15) is 5.56 Å². The van der Waals surface area contributed by atoms with Crippen molar-refractivity contribution in [3.8, 4) is 0 Å². The maximum Gasteiger partial charge on any atom is 0.228 e. The van der Waals surface area contributed by atoms with E-state index >= 15 is 0 Å². The topological polar surface area (TPSA) is 54.5 Å². The molecule has 0 aliphatic carbocycles. The van der Waals surface area contributed by atoms with Crippen LogP contribution in [0.2, 0.25) is 0 Å². The van der Waals surface area contributed by atoms with E-state index in [-0.39, 0.29) is 18.1 Å². The van der Waals surface area contributed by atoms with E-state index < -0.39 is 0 Å². The van der Waals surface area contributed by atoms with Crippen LogP contribution in [0.25, 0.3) is 0 Å². The first-order valence-electron chi connectivity index (χ1n) is 7.54. The van der Waals surface area contributed by atoms with E-state index in [9.17, 15) is 9.18 Å². The molecule has 1 amide bonds. The number of benzene rings is 1. The van der Waals surface area contributed by atoms with Crippen molar-refractivity contribution in [2.45, 2.75) is 6.42 Å². The maximum absolute atomic E-state index is 13.5. The number of carbonyl (C=O) groups excluding carboxylic acids is 1. The average molecular weight is 315 g/mol. The summed E-state index contributed by atoms with van der Waals surface area (Å²) in [5, 5.41) is 2.74. The molecule has 0 unspecified atom stereocenters. The van der Waals surface area contributed by atoms with Gasteiger partial charge in [-0.25, -0.2) is 9.37 Å². The predicted octanol–water partition coefficient (Wildman–Crippen LogP) is 2.24. The lowest BCUT2D eigenvalue weighted by Crippen LogP contribution is -2.36. The second-order valence-electron chi connectivity index (χ2n) is 5.32. The number of rotatable bonds is 4. The van der Waals surface area contributed by atoms with E-state index in [0.717, 1.165) is 18.9 Å². The van der Waals surface area contributed by atoms with Crippen molar-refractivity contribution in [1.29, 1.82) is 0 Å². The highest BCUT2D eigenvalue weighted by Crippen LogP contribution is 2.16. The highest BCUT2D eigenvalue weighted by molar-refractivity contribution is 5.92. The number of hydrogen-bond donors (Lipinski definition) is 1. The predicted molar refractivity (Wildman–Crippen MR) is 86.0 cm³/mol. The fourth-order valence-electron chi connectivity index (χ4n) is 2.46. The first-order chi connectivity index (χ1) is 11.2. The van der Waals surface area contributed by atoms with Crippen LogP contribution in [0.3, 0.4) is 0 Å². The second-order valence-corrected chi connectivity index (χ2v) is 5.32. The molecule has 1 aromatic carbocycles. The Morgan fingerprint density at radius 3 is 2.70 bits per heavy atom. The van der Waals surface area contributed by atoms with Crippen molar-refractivity contribution in [1.82, 2.24) is 4.98 Å². The lowest BCUT2D eigenvalue weighted by atomic mass is 10.1. The third-order valence-corrected chi connectivity index (χ3v) is 3.68. The Hall–Kier alpha value is -2.47. The lowest BCUT2D eigenvalue weighted by Gasteiger charge is -2.27. The fourth-order valence-corrected chi connectivity index (χ4v) is 2.46. The smallest absolute Gasteiger partial charge is 0.228 e. The molecular formula is C17H18FN3O2. The van der Waals surface area contributed by atoms with Gasteiger partial charge in [-0.05, 0) is 23.8 Å². The van der Waals surface area contributed by atoms with Crippen molar-refractivity contribution in [3.05, 3.63) is 54.0 Å². The van der Waals surface area contributed by atoms with Gasteiger partial charge in [-0.15, -0.1) is 0 Å². The molecule has 23 heavy (non-hydrogen) atoms. The number of nitrogens with zero attached hydrogens (tertiary/aromatic N) is 2. The Balaban J connectivity index is 1.59. The van der Waals surface area contributed by atoms with Gasteiger partial charge in [0.2, 0.25) is 5.91 Å². The van der Waals surface area contributed by atoms with E-state index in [4.69, 9.17) is 4.74 Å². The molecule has 1 aliphatic heterocycles. The summed E-state index contributed by atoms with van der Waals surface area (Å²) >= 11 is 0. The Morgan fingerprint density at radius 2 is 2.00 bits per heavy atom. The molecule has 0 saturated carbocycles. The number of ether oxygens (including phenoxy) is 1. The largest absolute Gasteiger partial charge is 0.378 e. The maximum atomic E-state index is 13.5. The summed E-state index contributed by atoms with van der Waals surface area (Å²) in [6, 6.07) is 9.94. The fraction of sp³-hybridized carbons (Fsp3) is 0.294. The molecule has 1 fully saturated rings. The summed E-state index contributed by atoms with van der Waals surface area (Å²) < 4.78 is 18.8. The summed E-state index contributed by atoms with van der Waals surface area (Å²) in [5.41, 5.74) is 0.978. The van der Waals surface area contributed by atoms with E-state index in [2.05, 4.69) is 15.2 Å². The van der Waals surface area contributed by atoms with Crippen LogP contribution in [0.5, 0.6) is 0 Å². The molecule has 1 aliphatic rings. The van der Waals surface area contributed by atoms with Crippen molar-refractivity contribution < 1.29 is 13.9 Å². The van der Waals surface area contributed by atoms with Crippen LogP contribution in [0.15, 0.2) is 42.6 Å². The molecule has 6 heteroatoms. The third-order valence-electron chi connectivity index (χ3n) is 3.68. The average Bonchev–Trinajstić information content (AvgIpc) is 2.58. The Kier molecular flexibility index (Phi) is 4.83. The Morgan fingerprint density at radius 1 is 1.22 bits per heavy atom. The second kappa shape index (κ2) is 7.19. The van der Waals surface area contributed by atoms with Gasteiger partial charge >= 0.3 is 0 Å². The van der Waals surface area contributed by atoms with E-state index in [1.54, 1.807) is 30.5 Å². The molecule has 3 rings (SSSR count). The van der Waals surface area contributed by atoms with Crippen LogP contribution in [-0.4, -0.2) is 37.2 Å². The minimum absolute atomic E-state index is 0.00209. The monoisotopic (exact) mass is 315 g/mol. The summed E-state index contributed by atoms with van der Waals surface area (Å²) in [7, 11) is 0. The van der Waals surface area contributed by atoms with E-state index in [0.29, 0.717) is 24.5 Å². The molecule has 0 bridgehead atoms. The van der Waals surface area contributed by atoms with Crippen LogP contribution < -0.4 is 10.2 Å². The summed E-state index contributed by atoms with van der Waals surface area (Å²) in [5.74, 6) is 0.222. The minimum atomic E-state index is -0.372. The number of nitrogens with one attached hydrogen (secondary N) is 1. The standard InChI is InChI=1S/C17H18FN3O2/c18-15-4-2-1-3-13(15)11-17(22)20-14-5-6-16(19-12-14)21-7-9-23-10-8-21/h1-6,12H,7-11H2,(H,20,22). The number of aromatic nitrogens is 1. The first kappa shape index (κ1) is 15.4. The molecule has 0 atom stereocenters. The molecule has 0 spiro atoms. The molecule has 2 aromatic rings. The number of morpholine rings is 1. The molecule has 120 valence electrons. The summed E-state index contributed by atoms with van der Waals surface area (Å²) in [4.78, 5) is 18.5. The highest BCUT2D eigenvalue weighted by Gasteiger charge is 2.13. The molecule has 5 nitrogen and oxygen atoms in total. The van der Waals surface area contributed by atoms with Crippen LogP contribution in [0.4, 0.5) is 15.9 Å². The van der Waals surface area contributed by atoms with Crippen molar-refractivity contribution in [2.75, 3.05) is 36.5 Å². The molecule has 1 aromatic heterocycles. The van der Waals surface area contributed by atoms with Gasteiger partial charge in [-0.3, -0.25) is 4.79 Å². The highest BCUT2D eigenvalue weighted by atomic mass is 19.1. The van der Waals surface area contributed by atoms with Crippen LogP contribution in [0, 0.1) is 5.82 Å². The third kappa shape index (κ3) is 4.04. The summed E-state index contributed by atoms with van der Waals surface area (Å²) in [6.07, 6.45) is 1.61. The zero-order chi connectivity index (χ0) is 16.1. The van der Waals surface area contributed by atoms with E-state index in [1.165, 1.54) is 6.07 Å². The van der Waals surface area contributed by atoms with Gasteiger partial charge in [-0.2, -0.15) is 0 Å². The molecular weight excluding hydrogens is 297 g/mol. The van der Waals surface area contributed by atoms with Gasteiger partial charge in [0.15, 0.2) is 0 Å². The number of hydrogen-bond acceptors (Lipinski definition) is 4. The first-order valence-corrected chi connectivity index (χ1v) is 7.54. The lowest BCUT2D eigenvalue weighted by molar-refractivity contribution is -0.115. The quantitative estimate of drug-likeness (QED) is 0.940. The molecule has 0 radical (unpaired) electrons. The van der Waals surface area contributed by atoms with Gasteiger partial charge in [0.1, 0.15) is 11.6 Å². The summed E-state index contributed by atoms with van der Waals surface area (Å²) in [6.45, 7) is 3.02. The minimum Gasteiger partial charge on any atom is -0.378 e. The molecule has 1 saturated heterocycles. The van der Waals surface area contributed by atoms with Gasteiger partial charge in [-0.1, -0.05) is 18.2 Å². The number of pyridine rings is 1. The van der Waals surface area contributed by atoms with Crippen molar-refractivity contribution >= 4 is 17.4 Å². The molecule has 2 heterocycles. The zero-order valence-electron chi connectivity index (χ0n) is 12.7. The van der Waals surface area contributed by atoms with Gasteiger partial charge < -0.3 is 15.0 Å². The normalized spacial score (nSPS) is 14.6. The van der Waals surface area contributed by atoms with Crippen LogP contribution in [-0.2, 0) is 16.0 Å².